The quantitative estimate of drug-likeness (QED) is 0.832. The molecule has 1 heterocycles. The zero-order valence-electron chi connectivity index (χ0n) is 11.9. The first-order valence-electron chi connectivity index (χ1n) is 6.98. The number of benzene rings is 1. The van der Waals surface area contributed by atoms with Crippen molar-refractivity contribution in [1.82, 2.24) is 4.90 Å². The first-order valence-corrected chi connectivity index (χ1v) is 6.98. The maximum absolute atomic E-state index is 12.1. The van der Waals surface area contributed by atoms with Crippen LogP contribution in [0.4, 0.5) is 5.69 Å². The third-order valence-corrected chi connectivity index (χ3v) is 3.53. The van der Waals surface area contributed by atoms with Crippen molar-refractivity contribution in [3.8, 4) is 5.75 Å². The van der Waals surface area contributed by atoms with Gasteiger partial charge in [0.15, 0.2) is 0 Å². The number of ether oxygens (including phenoxy) is 2. The smallest absolute Gasteiger partial charge is 0.226 e. The van der Waals surface area contributed by atoms with Crippen LogP contribution in [0.5, 0.6) is 5.75 Å². The Labute approximate surface area is 119 Å². The number of nitrogens with zero attached hydrogens (tertiary/aromatic N) is 1. The first kappa shape index (κ1) is 14.7. The van der Waals surface area contributed by atoms with Crippen molar-refractivity contribution in [3.63, 3.8) is 0 Å². The van der Waals surface area contributed by atoms with E-state index in [9.17, 15) is 4.79 Å². The SMILES string of the molecule is COC1CCCN(C(=O)CCOc2ccc(N)cc2)C1. The highest BCUT2D eigenvalue weighted by atomic mass is 16.5. The molecule has 110 valence electrons. The average Bonchev–Trinajstić information content (AvgIpc) is 2.49. The normalized spacial score (nSPS) is 18.9. The molecule has 0 aromatic heterocycles. The summed E-state index contributed by atoms with van der Waals surface area (Å²) in [6.07, 6.45) is 2.59. The molecule has 2 N–H and O–H groups in total. The van der Waals surface area contributed by atoms with Crippen LogP contribution in [0.2, 0.25) is 0 Å². The van der Waals surface area contributed by atoms with Gasteiger partial charge in [-0.25, -0.2) is 0 Å². The number of rotatable bonds is 5. The Morgan fingerprint density at radius 1 is 1.40 bits per heavy atom. The molecule has 20 heavy (non-hydrogen) atoms. The summed E-state index contributed by atoms with van der Waals surface area (Å²) in [4.78, 5) is 13.9. The second-order valence-electron chi connectivity index (χ2n) is 5.01. The molecule has 1 aliphatic rings. The molecule has 1 unspecified atom stereocenters. The second kappa shape index (κ2) is 7.14. The number of hydrogen-bond acceptors (Lipinski definition) is 4. The van der Waals surface area contributed by atoms with Gasteiger partial charge in [0.25, 0.3) is 0 Å². The number of likely N-dealkylation sites (tertiary alicyclic amines) is 1. The maximum atomic E-state index is 12.1. The van der Waals surface area contributed by atoms with Gasteiger partial charge in [-0.15, -0.1) is 0 Å². The van der Waals surface area contributed by atoms with Crippen LogP contribution >= 0.6 is 0 Å². The standard InChI is InChI=1S/C15H22N2O3/c1-19-14-3-2-9-17(11-14)15(18)8-10-20-13-6-4-12(16)5-7-13/h4-7,14H,2-3,8-11,16H2,1H3. The topological polar surface area (TPSA) is 64.8 Å². The van der Waals surface area contributed by atoms with E-state index in [1.807, 2.05) is 17.0 Å². The van der Waals surface area contributed by atoms with Crippen LogP contribution in [0.15, 0.2) is 24.3 Å². The molecule has 5 nitrogen and oxygen atoms in total. The van der Waals surface area contributed by atoms with E-state index in [2.05, 4.69) is 0 Å². The number of methoxy groups -OCH3 is 1. The Balaban J connectivity index is 1.73. The van der Waals surface area contributed by atoms with E-state index in [1.165, 1.54) is 0 Å². The number of carbonyl (C=O) groups is 1. The molecule has 0 saturated carbocycles. The lowest BCUT2D eigenvalue weighted by Gasteiger charge is -2.32. The van der Waals surface area contributed by atoms with Gasteiger partial charge >= 0.3 is 0 Å². The molecule has 1 aromatic carbocycles. The third kappa shape index (κ3) is 4.13. The number of carbonyl (C=O) groups excluding carboxylic acids is 1. The molecular formula is C15H22N2O3. The molecular weight excluding hydrogens is 256 g/mol. The van der Waals surface area contributed by atoms with Gasteiger partial charge in [0.05, 0.1) is 19.1 Å². The fourth-order valence-electron chi connectivity index (χ4n) is 2.34. The van der Waals surface area contributed by atoms with E-state index >= 15 is 0 Å². The minimum Gasteiger partial charge on any atom is -0.493 e. The van der Waals surface area contributed by atoms with E-state index in [4.69, 9.17) is 15.2 Å². The van der Waals surface area contributed by atoms with E-state index in [-0.39, 0.29) is 12.0 Å². The molecule has 2 rings (SSSR count). The lowest BCUT2D eigenvalue weighted by Crippen LogP contribution is -2.43. The van der Waals surface area contributed by atoms with E-state index in [0.717, 1.165) is 25.1 Å². The van der Waals surface area contributed by atoms with Crippen molar-refractivity contribution >= 4 is 11.6 Å². The molecule has 1 fully saturated rings. The Hall–Kier alpha value is -1.75. The molecule has 1 saturated heterocycles. The molecule has 1 atom stereocenters. The summed E-state index contributed by atoms with van der Waals surface area (Å²) < 4.78 is 10.9. The zero-order chi connectivity index (χ0) is 14.4. The highest BCUT2D eigenvalue weighted by Crippen LogP contribution is 2.15. The van der Waals surface area contributed by atoms with Crippen molar-refractivity contribution in [1.29, 1.82) is 0 Å². The lowest BCUT2D eigenvalue weighted by atomic mass is 10.1. The van der Waals surface area contributed by atoms with E-state index in [0.29, 0.717) is 25.3 Å². The molecule has 1 aliphatic heterocycles. The van der Waals surface area contributed by atoms with Gasteiger partial charge in [0.2, 0.25) is 5.91 Å². The Kier molecular flexibility index (Phi) is 5.24. The fourth-order valence-corrected chi connectivity index (χ4v) is 2.34. The highest BCUT2D eigenvalue weighted by Gasteiger charge is 2.22. The van der Waals surface area contributed by atoms with Crippen molar-refractivity contribution in [2.24, 2.45) is 0 Å². The number of hydrogen-bond donors (Lipinski definition) is 1. The predicted molar refractivity (Wildman–Crippen MR) is 77.6 cm³/mol. The summed E-state index contributed by atoms with van der Waals surface area (Å²) in [6, 6.07) is 7.18. The number of piperidine rings is 1. The van der Waals surface area contributed by atoms with Gasteiger partial charge in [0.1, 0.15) is 5.75 Å². The largest absolute Gasteiger partial charge is 0.493 e. The summed E-state index contributed by atoms with van der Waals surface area (Å²) in [6.45, 7) is 1.90. The summed E-state index contributed by atoms with van der Waals surface area (Å²) >= 11 is 0. The molecule has 1 aromatic rings. The molecule has 0 radical (unpaired) electrons. The summed E-state index contributed by atoms with van der Waals surface area (Å²) in [7, 11) is 1.70. The number of nitrogen functional groups attached to an aromatic ring is 1. The third-order valence-electron chi connectivity index (χ3n) is 3.53. The maximum Gasteiger partial charge on any atom is 0.226 e. The summed E-state index contributed by atoms with van der Waals surface area (Å²) in [5.41, 5.74) is 6.30. The summed E-state index contributed by atoms with van der Waals surface area (Å²) in [5.74, 6) is 0.864. The molecule has 5 heteroatoms. The van der Waals surface area contributed by atoms with Crippen LogP contribution in [0.3, 0.4) is 0 Å². The van der Waals surface area contributed by atoms with Crippen LogP contribution in [-0.4, -0.2) is 43.7 Å². The Bertz CT molecular complexity index is 433. The average molecular weight is 278 g/mol. The van der Waals surface area contributed by atoms with Gasteiger partial charge in [-0.2, -0.15) is 0 Å². The van der Waals surface area contributed by atoms with Crippen molar-refractivity contribution in [2.45, 2.75) is 25.4 Å². The highest BCUT2D eigenvalue weighted by molar-refractivity contribution is 5.76. The number of anilines is 1. The Morgan fingerprint density at radius 3 is 2.85 bits per heavy atom. The minimum absolute atomic E-state index is 0.127. The fraction of sp³-hybridized carbons (Fsp3) is 0.533. The second-order valence-corrected chi connectivity index (χ2v) is 5.01. The monoisotopic (exact) mass is 278 g/mol. The van der Waals surface area contributed by atoms with Gasteiger partial charge in [0, 0.05) is 25.9 Å². The van der Waals surface area contributed by atoms with Crippen LogP contribution in [-0.2, 0) is 9.53 Å². The van der Waals surface area contributed by atoms with Gasteiger partial charge in [-0.3, -0.25) is 4.79 Å². The molecule has 0 bridgehead atoms. The van der Waals surface area contributed by atoms with Crippen LogP contribution in [0.1, 0.15) is 19.3 Å². The van der Waals surface area contributed by atoms with Crippen molar-refractivity contribution in [3.05, 3.63) is 24.3 Å². The van der Waals surface area contributed by atoms with Gasteiger partial charge < -0.3 is 20.1 Å². The van der Waals surface area contributed by atoms with Crippen LogP contribution < -0.4 is 10.5 Å². The Morgan fingerprint density at radius 2 is 2.15 bits per heavy atom. The number of nitrogens with two attached hydrogens (primary N) is 1. The number of amides is 1. The minimum atomic E-state index is 0.127. The van der Waals surface area contributed by atoms with E-state index < -0.39 is 0 Å². The van der Waals surface area contributed by atoms with Crippen LogP contribution in [0, 0.1) is 0 Å². The van der Waals surface area contributed by atoms with Gasteiger partial charge in [-0.1, -0.05) is 0 Å². The predicted octanol–water partition coefficient (Wildman–Crippen LogP) is 1.68. The molecule has 0 spiro atoms. The van der Waals surface area contributed by atoms with E-state index in [1.54, 1.807) is 19.2 Å². The first-order chi connectivity index (χ1) is 9.69. The zero-order valence-corrected chi connectivity index (χ0v) is 11.9. The molecule has 1 amide bonds. The van der Waals surface area contributed by atoms with Crippen LogP contribution in [0.25, 0.3) is 0 Å². The lowest BCUT2D eigenvalue weighted by molar-refractivity contribution is -0.135. The van der Waals surface area contributed by atoms with Crippen molar-refractivity contribution in [2.75, 3.05) is 32.5 Å². The van der Waals surface area contributed by atoms with Gasteiger partial charge in [-0.05, 0) is 37.1 Å². The molecule has 0 aliphatic carbocycles. The van der Waals surface area contributed by atoms with Crippen molar-refractivity contribution < 1.29 is 14.3 Å². The summed E-state index contributed by atoms with van der Waals surface area (Å²) in [5, 5.41) is 0.